The van der Waals surface area contributed by atoms with Crippen molar-refractivity contribution in [1.29, 1.82) is 0 Å². The smallest absolute Gasteiger partial charge is 0.407 e. The van der Waals surface area contributed by atoms with Crippen molar-refractivity contribution >= 4 is 17.0 Å². The molecule has 1 aliphatic carbocycles. The molecule has 3 aromatic heterocycles. The lowest BCUT2D eigenvalue weighted by Crippen LogP contribution is -2.39. The molecule has 0 radical (unpaired) electrons. The number of fused-ring (bicyclic) bond motifs is 2. The van der Waals surface area contributed by atoms with Gasteiger partial charge in [0.05, 0.1) is 22.5 Å². The fourth-order valence-electron chi connectivity index (χ4n) is 4.98. The number of alkyl carbamates (subject to hydrolysis) is 1. The lowest BCUT2D eigenvalue weighted by Gasteiger charge is -2.20. The Morgan fingerprint density at radius 3 is 2.71 bits per heavy atom. The van der Waals surface area contributed by atoms with Crippen molar-refractivity contribution in [2.45, 2.75) is 32.1 Å². The summed E-state index contributed by atoms with van der Waals surface area (Å²) < 4.78 is 11.5. The van der Waals surface area contributed by atoms with Crippen molar-refractivity contribution < 1.29 is 19.4 Å². The number of amides is 1. The number of benzene rings is 1. The quantitative estimate of drug-likeness (QED) is 0.325. The Morgan fingerprint density at radius 1 is 1.16 bits per heavy atom. The van der Waals surface area contributed by atoms with E-state index in [0.717, 1.165) is 47.5 Å². The van der Waals surface area contributed by atoms with Crippen LogP contribution in [0.5, 0.6) is 11.6 Å². The summed E-state index contributed by atoms with van der Waals surface area (Å²) in [6, 6.07) is 15.6. The molecular weight excluding hydrogens is 484 g/mol. The molecule has 1 aromatic carbocycles. The van der Waals surface area contributed by atoms with Crippen molar-refractivity contribution in [3.63, 3.8) is 0 Å². The van der Waals surface area contributed by atoms with Gasteiger partial charge in [0, 0.05) is 67.4 Å². The zero-order chi connectivity index (χ0) is 26.3. The fraction of sp³-hybridized carbons (Fsp3) is 0.357. The Balaban J connectivity index is 1.01. The van der Waals surface area contributed by atoms with Gasteiger partial charge in [0.15, 0.2) is 0 Å². The highest BCUT2D eigenvalue weighted by Crippen LogP contribution is 2.48. The lowest BCUT2D eigenvalue weighted by atomic mass is 10.1. The van der Waals surface area contributed by atoms with E-state index in [9.17, 15) is 9.90 Å². The molecule has 0 spiro atoms. The van der Waals surface area contributed by atoms with Gasteiger partial charge >= 0.3 is 6.09 Å². The fourth-order valence-corrected chi connectivity index (χ4v) is 4.98. The SMILES string of the molecule is CC(C)(O)CNC(=O)O[C@H]1[C@@H]2CN(Cc3ccc4cc(Oc5ccc(-c6ccn[nH]6)cn5)ccc4n3)C[C@@H]21. The second-order valence-corrected chi connectivity index (χ2v) is 10.7. The second-order valence-electron chi connectivity index (χ2n) is 10.7. The topological polar surface area (TPSA) is 125 Å². The van der Waals surface area contributed by atoms with E-state index >= 15 is 0 Å². The Labute approximate surface area is 220 Å². The number of aromatic amines is 1. The van der Waals surface area contributed by atoms with E-state index in [1.807, 2.05) is 42.5 Å². The summed E-state index contributed by atoms with van der Waals surface area (Å²) in [4.78, 5) is 23.6. The predicted molar refractivity (Wildman–Crippen MR) is 140 cm³/mol. The van der Waals surface area contributed by atoms with Gasteiger partial charge in [0.1, 0.15) is 11.9 Å². The Kier molecular flexibility index (Phi) is 6.21. The minimum absolute atomic E-state index is 0.0350. The highest BCUT2D eigenvalue weighted by atomic mass is 16.6. The number of pyridine rings is 2. The normalized spacial score (nSPS) is 20.8. The molecule has 2 fully saturated rings. The number of ether oxygens (including phenoxy) is 2. The number of aromatic nitrogens is 4. The zero-order valence-corrected chi connectivity index (χ0v) is 21.3. The first-order valence-electron chi connectivity index (χ1n) is 12.7. The van der Waals surface area contributed by atoms with E-state index in [0.29, 0.717) is 23.5 Å². The van der Waals surface area contributed by atoms with Gasteiger partial charge < -0.3 is 19.9 Å². The summed E-state index contributed by atoms with van der Waals surface area (Å²) in [5, 5.41) is 20.2. The summed E-state index contributed by atoms with van der Waals surface area (Å²) in [6.45, 7) is 5.97. The van der Waals surface area contributed by atoms with Crippen molar-refractivity contribution in [3.05, 3.63) is 66.6 Å². The van der Waals surface area contributed by atoms with Crippen LogP contribution in [0.15, 0.2) is 60.9 Å². The largest absolute Gasteiger partial charge is 0.446 e. The van der Waals surface area contributed by atoms with Crippen LogP contribution in [0.1, 0.15) is 19.5 Å². The molecule has 2 aliphatic rings. The molecule has 1 saturated heterocycles. The molecule has 3 N–H and O–H groups in total. The molecule has 1 aliphatic heterocycles. The van der Waals surface area contributed by atoms with Crippen LogP contribution in [0.2, 0.25) is 0 Å². The number of H-pyrrole nitrogens is 1. The van der Waals surface area contributed by atoms with Crippen LogP contribution in [0.25, 0.3) is 22.2 Å². The standard InChI is InChI=1S/C28H30N6O4/c1-28(2,36)16-30-27(35)38-26-21-14-34(15-22(21)26)13-19-5-3-17-11-20(6-7-23(17)32-19)37-25-8-4-18(12-29-25)24-9-10-31-33-24/h3-12,21-22,26,36H,13-16H2,1-2H3,(H,30,35)(H,31,33)/t21-,22+,26+. The molecule has 0 bridgehead atoms. The van der Waals surface area contributed by atoms with E-state index in [1.165, 1.54) is 0 Å². The summed E-state index contributed by atoms with van der Waals surface area (Å²) in [7, 11) is 0. The molecule has 1 amide bonds. The van der Waals surface area contributed by atoms with Crippen molar-refractivity contribution in [3.8, 4) is 22.9 Å². The molecule has 6 rings (SSSR count). The molecule has 3 atom stereocenters. The van der Waals surface area contributed by atoms with Gasteiger partial charge in [0.2, 0.25) is 5.88 Å². The number of hydrogen-bond acceptors (Lipinski definition) is 8. The van der Waals surface area contributed by atoms with Crippen LogP contribution in [0.4, 0.5) is 4.79 Å². The van der Waals surface area contributed by atoms with Crippen molar-refractivity contribution in [1.82, 2.24) is 30.4 Å². The average molecular weight is 515 g/mol. The van der Waals surface area contributed by atoms with E-state index in [2.05, 4.69) is 31.5 Å². The molecule has 10 nitrogen and oxygen atoms in total. The number of carbonyl (C=O) groups is 1. The first-order chi connectivity index (χ1) is 18.3. The van der Waals surface area contributed by atoms with Crippen LogP contribution in [-0.2, 0) is 11.3 Å². The summed E-state index contributed by atoms with van der Waals surface area (Å²) in [5.74, 6) is 1.95. The van der Waals surface area contributed by atoms with Gasteiger partial charge in [-0.25, -0.2) is 9.78 Å². The van der Waals surface area contributed by atoms with Crippen LogP contribution in [0.3, 0.4) is 0 Å². The van der Waals surface area contributed by atoms with Crippen molar-refractivity contribution in [2.75, 3.05) is 19.6 Å². The number of nitrogens with zero attached hydrogens (tertiary/aromatic N) is 4. The monoisotopic (exact) mass is 514 g/mol. The van der Waals surface area contributed by atoms with Gasteiger partial charge in [-0.15, -0.1) is 0 Å². The molecule has 10 heteroatoms. The summed E-state index contributed by atoms with van der Waals surface area (Å²) in [6.07, 6.45) is 2.96. The molecule has 4 heterocycles. The number of hydrogen-bond donors (Lipinski definition) is 3. The van der Waals surface area contributed by atoms with Crippen LogP contribution in [-0.4, -0.2) is 67.6 Å². The molecular formula is C28H30N6O4. The first kappa shape index (κ1) is 24.3. The second kappa shape index (κ2) is 9.70. The maximum atomic E-state index is 12.0. The molecule has 4 aromatic rings. The van der Waals surface area contributed by atoms with E-state index in [4.69, 9.17) is 14.5 Å². The summed E-state index contributed by atoms with van der Waals surface area (Å²) >= 11 is 0. The maximum Gasteiger partial charge on any atom is 0.407 e. The summed E-state index contributed by atoms with van der Waals surface area (Å²) in [5.41, 5.74) is 2.80. The minimum atomic E-state index is -0.957. The molecule has 38 heavy (non-hydrogen) atoms. The minimum Gasteiger partial charge on any atom is -0.446 e. The number of piperidine rings is 1. The zero-order valence-electron chi connectivity index (χ0n) is 21.3. The third-order valence-electron chi connectivity index (χ3n) is 6.97. The van der Waals surface area contributed by atoms with Gasteiger partial charge in [-0.05, 0) is 50.2 Å². The third kappa shape index (κ3) is 5.46. The van der Waals surface area contributed by atoms with E-state index in [1.54, 1.807) is 26.2 Å². The van der Waals surface area contributed by atoms with Gasteiger partial charge in [-0.2, -0.15) is 5.10 Å². The number of rotatable bonds is 8. The lowest BCUT2D eigenvalue weighted by molar-refractivity contribution is 0.0690. The predicted octanol–water partition coefficient (Wildman–Crippen LogP) is 3.74. The number of carbonyl (C=O) groups excluding carboxylic acids is 1. The van der Waals surface area contributed by atoms with Crippen LogP contribution < -0.4 is 10.1 Å². The first-order valence-corrected chi connectivity index (χ1v) is 12.7. The van der Waals surface area contributed by atoms with Gasteiger partial charge in [-0.3, -0.25) is 15.0 Å². The van der Waals surface area contributed by atoms with Gasteiger partial charge in [0.25, 0.3) is 0 Å². The van der Waals surface area contributed by atoms with E-state index in [-0.39, 0.29) is 12.6 Å². The maximum absolute atomic E-state index is 12.0. The Morgan fingerprint density at radius 2 is 2.00 bits per heavy atom. The van der Waals surface area contributed by atoms with Crippen molar-refractivity contribution in [2.24, 2.45) is 11.8 Å². The highest BCUT2D eigenvalue weighted by Gasteiger charge is 2.58. The van der Waals surface area contributed by atoms with Crippen LogP contribution >= 0.6 is 0 Å². The number of nitrogens with one attached hydrogen (secondary N) is 2. The van der Waals surface area contributed by atoms with E-state index < -0.39 is 11.7 Å². The molecule has 0 unspecified atom stereocenters. The average Bonchev–Trinajstić information content (AvgIpc) is 3.29. The number of aliphatic hydroxyl groups is 1. The number of likely N-dealkylation sites (tertiary alicyclic amines) is 1. The molecule has 196 valence electrons. The highest BCUT2D eigenvalue weighted by molar-refractivity contribution is 5.80. The van der Waals surface area contributed by atoms with Gasteiger partial charge in [-0.1, -0.05) is 6.07 Å². The Hall–Kier alpha value is -4.02. The third-order valence-corrected chi connectivity index (χ3v) is 6.97. The molecule has 1 saturated carbocycles. The Bertz CT molecular complexity index is 1420. The van der Waals surface area contributed by atoms with Crippen LogP contribution in [0, 0.1) is 11.8 Å².